The number of hydrogen-bond donors (Lipinski definition) is 1. The van der Waals surface area contributed by atoms with Crippen LogP contribution in [0.2, 0.25) is 5.02 Å². The van der Waals surface area contributed by atoms with E-state index >= 15 is 0 Å². The quantitative estimate of drug-likeness (QED) is 0.838. The van der Waals surface area contributed by atoms with Crippen molar-refractivity contribution >= 4 is 23.3 Å². The Kier molecular flexibility index (Phi) is 4.40. The Hall–Kier alpha value is -1.22. The van der Waals surface area contributed by atoms with E-state index in [1.807, 2.05) is 19.1 Å². The normalized spacial score (nSPS) is 11.1. The molecule has 1 rings (SSSR count). The van der Waals surface area contributed by atoms with E-state index in [1.165, 1.54) is 0 Å². The van der Waals surface area contributed by atoms with Gasteiger partial charge >= 0.3 is 5.97 Å². The van der Waals surface area contributed by atoms with Gasteiger partial charge in [-0.15, -0.1) is 0 Å². The molecule has 1 aromatic carbocycles. The van der Waals surface area contributed by atoms with Crippen LogP contribution in [0.25, 0.3) is 0 Å². The standard InChI is InChI=1S/C13H18ClNO2/c1-5-17-12(16)13(3,4)15-11-8-10(14)7-6-9(11)2/h6-8,15H,5H2,1-4H3. The monoisotopic (exact) mass is 255 g/mol. The highest BCUT2D eigenvalue weighted by Crippen LogP contribution is 2.24. The Labute approximate surface area is 107 Å². The fourth-order valence-corrected chi connectivity index (χ4v) is 1.60. The van der Waals surface area contributed by atoms with Gasteiger partial charge < -0.3 is 10.1 Å². The Morgan fingerprint density at radius 2 is 2.12 bits per heavy atom. The minimum Gasteiger partial charge on any atom is -0.464 e. The van der Waals surface area contributed by atoms with Gasteiger partial charge in [-0.25, -0.2) is 4.79 Å². The number of carbonyl (C=O) groups excluding carboxylic acids is 1. The van der Waals surface area contributed by atoms with Crippen LogP contribution in [-0.4, -0.2) is 18.1 Å². The van der Waals surface area contributed by atoms with Gasteiger partial charge in [-0.1, -0.05) is 17.7 Å². The molecule has 0 bridgehead atoms. The van der Waals surface area contributed by atoms with Crippen LogP contribution >= 0.6 is 11.6 Å². The molecule has 0 unspecified atom stereocenters. The second kappa shape index (κ2) is 5.41. The van der Waals surface area contributed by atoms with Crippen LogP contribution in [0.4, 0.5) is 5.69 Å². The molecule has 0 amide bonds. The summed E-state index contributed by atoms with van der Waals surface area (Å²) in [6.07, 6.45) is 0. The van der Waals surface area contributed by atoms with Gasteiger partial charge in [0, 0.05) is 10.7 Å². The first-order valence-corrected chi connectivity index (χ1v) is 5.96. The van der Waals surface area contributed by atoms with E-state index in [0.717, 1.165) is 11.3 Å². The number of ether oxygens (including phenoxy) is 1. The van der Waals surface area contributed by atoms with Crippen LogP contribution in [0.1, 0.15) is 26.3 Å². The largest absolute Gasteiger partial charge is 0.464 e. The van der Waals surface area contributed by atoms with Crippen LogP contribution in [-0.2, 0) is 9.53 Å². The molecule has 0 spiro atoms. The van der Waals surface area contributed by atoms with Crippen molar-refractivity contribution in [1.82, 2.24) is 0 Å². The van der Waals surface area contributed by atoms with Gasteiger partial charge in [-0.05, 0) is 45.4 Å². The fraction of sp³-hybridized carbons (Fsp3) is 0.462. The maximum atomic E-state index is 11.7. The molecule has 0 aliphatic carbocycles. The van der Waals surface area contributed by atoms with E-state index in [1.54, 1.807) is 26.8 Å². The second-order valence-corrected chi connectivity index (χ2v) is 4.87. The molecule has 0 aromatic heterocycles. The Bertz CT molecular complexity index is 416. The number of halogens is 1. The zero-order valence-electron chi connectivity index (χ0n) is 10.6. The van der Waals surface area contributed by atoms with Crippen molar-refractivity contribution in [1.29, 1.82) is 0 Å². The number of hydrogen-bond acceptors (Lipinski definition) is 3. The number of carbonyl (C=O) groups is 1. The lowest BCUT2D eigenvalue weighted by Crippen LogP contribution is -2.41. The summed E-state index contributed by atoms with van der Waals surface area (Å²) in [4.78, 5) is 11.7. The van der Waals surface area contributed by atoms with E-state index in [9.17, 15) is 4.79 Å². The van der Waals surface area contributed by atoms with Gasteiger partial charge in [0.2, 0.25) is 0 Å². The molecule has 0 fully saturated rings. The minimum atomic E-state index is -0.772. The summed E-state index contributed by atoms with van der Waals surface area (Å²) in [5.41, 5.74) is 1.10. The number of rotatable bonds is 4. The van der Waals surface area contributed by atoms with Gasteiger partial charge in [-0.2, -0.15) is 0 Å². The van der Waals surface area contributed by atoms with Crippen LogP contribution in [0.5, 0.6) is 0 Å². The third kappa shape index (κ3) is 3.63. The first kappa shape index (κ1) is 13.8. The van der Waals surface area contributed by atoms with Gasteiger partial charge in [0.15, 0.2) is 0 Å². The van der Waals surface area contributed by atoms with Crippen molar-refractivity contribution in [2.45, 2.75) is 33.2 Å². The lowest BCUT2D eigenvalue weighted by atomic mass is 10.0. The average molecular weight is 256 g/mol. The third-order valence-electron chi connectivity index (χ3n) is 2.43. The van der Waals surface area contributed by atoms with Crippen molar-refractivity contribution in [2.24, 2.45) is 0 Å². The van der Waals surface area contributed by atoms with Gasteiger partial charge in [0.1, 0.15) is 5.54 Å². The van der Waals surface area contributed by atoms with Gasteiger partial charge in [0.05, 0.1) is 6.61 Å². The van der Waals surface area contributed by atoms with Crippen molar-refractivity contribution in [3.05, 3.63) is 28.8 Å². The summed E-state index contributed by atoms with van der Waals surface area (Å²) >= 11 is 5.93. The molecule has 3 nitrogen and oxygen atoms in total. The van der Waals surface area contributed by atoms with Crippen molar-refractivity contribution in [3.8, 4) is 0 Å². The fourth-order valence-electron chi connectivity index (χ4n) is 1.43. The summed E-state index contributed by atoms with van der Waals surface area (Å²) in [7, 11) is 0. The molecule has 0 aliphatic heterocycles. The molecular formula is C13H18ClNO2. The minimum absolute atomic E-state index is 0.278. The predicted octanol–water partition coefficient (Wildman–Crippen LogP) is 3.40. The van der Waals surface area contributed by atoms with E-state index in [-0.39, 0.29) is 5.97 Å². The topological polar surface area (TPSA) is 38.3 Å². The number of aryl methyl sites for hydroxylation is 1. The summed E-state index contributed by atoms with van der Waals surface area (Å²) in [6, 6.07) is 5.53. The summed E-state index contributed by atoms with van der Waals surface area (Å²) in [5, 5.41) is 3.79. The number of anilines is 1. The van der Waals surface area contributed by atoms with Crippen molar-refractivity contribution in [3.63, 3.8) is 0 Å². The van der Waals surface area contributed by atoms with Crippen LogP contribution in [0, 0.1) is 6.92 Å². The third-order valence-corrected chi connectivity index (χ3v) is 2.67. The van der Waals surface area contributed by atoms with Crippen molar-refractivity contribution < 1.29 is 9.53 Å². The molecular weight excluding hydrogens is 238 g/mol. The lowest BCUT2D eigenvalue weighted by molar-refractivity contribution is -0.147. The molecule has 0 saturated heterocycles. The predicted molar refractivity (Wildman–Crippen MR) is 70.5 cm³/mol. The summed E-state index contributed by atoms with van der Waals surface area (Å²) in [6.45, 7) is 7.69. The number of benzene rings is 1. The summed E-state index contributed by atoms with van der Waals surface area (Å²) in [5.74, 6) is -0.278. The zero-order chi connectivity index (χ0) is 13.1. The SMILES string of the molecule is CCOC(=O)C(C)(C)Nc1cc(Cl)ccc1C. The highest BCUT2D eigenvalue weighted by Gasteiger charge is 2.29. The molecule has 0 atom stereocenters. The lowest BCUT2D eigenvalue weighted by Gasteiger charge is -2.26. The maximum Gasteiger partial charge on any atom is 0.331 e. The molecule has 17 heavy (non-hydrogen) atoms. The first-order valence-electron chi connectivity index (χ1n) is 5.58. The van der Waals surface area contributed by atoms with E-state index < -0.39 is 5.54 Å². The van der Waals surface area contributed by atoms with Crippen LogP contribution in [0.15, 0.2) is 18.2 Å². The summed E-state index contributed by atoms with van der Waals surface area (Å²) < 4.78 is 5.01. The first-order chi connectivity index (χ1) is 7.86. The Morgan fingerprint density at radius 3 is 2.71 bits per heavy atom. The van der Waals surface area contributed by atoms with E-state index in [2.05, 4.69) is 5.32 Å². The van der Waals surface area contributed by atoms with E-state index in [4.69, 9.17) is 16.3 Å². The number of esters is 1. The highest BCUT2D eigenvalue weighted by atomic mass is 35.5. The molecule has 4 heteroatoms. The molecule has 94 valence electrons. The Balaban J connectivity index is 2.89. The van der Waals surface area contributed by atoms with Crippen LogP contribution in [0.3, 0.4) is 0 Å². The molecule has 0 aliphatic rings. The van der Waals surface area contributed by atoms with Gasteiger partial charge in [-0.3, -0.25) is 0 Å². The average Bonchev–Trinajstić information content (AvgIpc) is 2.23. The highest BCUT2D eigenvalue weighted by molar-refractivity contribution is 6.30. The van der Waals surface area contributed by atoms with E-state index in [0.29, 0.717) is 11.6 Å². The number of nitrogens with one attached hydrogen (secondary N) is 1. The molecule has 0 saturated carbocycles. The maximum absolute atomic E-state index is 11.7. The molecule has 0 heterocycles. The Morgan fingerprint density at radius 1 is 1.47 bits per heavy atom. The smallest absolute Gasteiger partial charge is 0.331 e. The molecule has 1 N–H and O–H groups in total. The molecule has 0 radical (unpaired) electrons. The zero-order valence-corrected chi connectivity index (χ0v) is 11.4. The van der Waals surface area contributed by atoms with Crippen molar-refractivity contribution in [2.75, 3.05) is 11.9 Å². The second-order valence-electron chi connectivity index (χ2n) is 4.43. The van der Waals surface area contributed by atoms with Crippen LogP contribution < -0.4 is 5.32 Å². The molecule has 1 aromatic rings. The van der Waals surface area contributed by atoms with Gasteiger partial charge in [0.25, 0.3) is 0 Å².